The number of hydrogen-bond donors (Lipinski definition) is 3. The van der Waals surface area contributed by atoms with Crippen molar-refractivity contribution in [1.82, 2.24) is 19.1 Å². The third kappa shape index (κ3) is 8.21. The molecule has 264 valence electrons. The summed E-state index contributed by atoms with van der Waals surface area (Å²) in [5, 5.41) is 30.4. The van der Waals surface area contributed by atoms with Gasteiger partial charge in [-0.25, -0.2) is 9.97 Å². The van der Waals surface area contributed by atoms with E-state index in [4.69, 9.17) is 46.9 Å². The lowest BCUT2D eigenvalue weighted by molar-refractivity contribution is -0.239. The minimum absolute atomic E-state index is 0.0669. The molecule has 4 aromatic rings. The topological polar surface area (TPSA) is 194 Å². The molecule has 0 saturated carbocycles. The zero-order valence-electron chi connectivity index (χ0n) is 25.9. The second-order valence-electron chi connectivity index (χ2n) is 11.1. The van der Waals surface area contributed by atoms with E-state index in [0.29, 0.717) is 41.6 Å². The van der Waals surface area contributed by atoms with Crippen molar-refractivity contribution in [3.63, 3.8) is 0 Å². The number of aliphatic hydroxyl groups is 3. The number of imidazole rings is 2. The number of carbonyl (C=O) groups excluding carboxylic acids is 3. The van der Waals surface area contributed by atoms with E-state index in [1.165, 1.54) is 20.8 Å². The summed E-state index contributed by atoms with van der Waals surface area (Å²) in [5.74, 6) is -1.82. The van der Waals surface area contributed by atoms with E-state index in [1.807, 2.05) is 0 Å². The highest BCUT2D eigenvalue weighted by molar-refractivity contribution is 9.10. The Hall–Kier alpha value is -2.87. The number of esters is 3. The summed E-state index contributed by atoms with van der Waals surface area (Å²) in [7, 11) is 0. The molecule has 2 aromatic heterocycles. The van der Waals surface area contributed by atoms with Gasteiger partial charge in [-0.3, -0.25) is 23.5 Å². The molecule has 0 bridgehead atoms. The summed E-state index contributed by atoms with van der Waals surface area (Å²) >= 11 is 18.6. The standard InChI is InChI=1S/C18H18BrClN2O7.C12H12BrClN2O4/c1-8(23)27-14-7-26-17(16(29-10(3)25)15(14)28-9(2)24)22-13-5-4-11(20)6-12(13)21-18(22)19;13-12-15-6-3-5(14)1-2-7(6)16(12)11-10(19)9(18)8(17)4-20-11/h4-6,14-17H,7H2,1-3H3;1-3,8-11,17-19H,4H2/t14-,15-,16-,17-;8-,9-,10-,11-/m11/s1. The van der Waals surface area contributed by atoms with E-state index in [-0.39, 0.29) is 13.2 Å². The van der Waals surface area contributed by atoms with Crippen molar-refractivity contribution in [2.45, 2.75) is 69.9 Å². The van der Waals surface area contributed by atoms with Gasteiger partial charge in [0.1, 0.15) is 18.3 Å². The quantitative estimate of drug-likeness (QED) is 0.194. The van der Waals surface area contributed by atoms with Gasteiger partial charge >= 0.3 is 17.9 Å². The molecule has 0 aliphatic carbocycles. The normalized spacial score (nSPS) is 26.9. The summed E-state index contributed by atoms with van der Waals surface area (Å²) in [4.78, 5) is 43.7. The minimum Gasteiger partial charge on any atom is -0.456 e. The maximum Gasteiger partial charge on any atom is 0.303 e. The summed E-state index contributed by atoms with van der Waals surface area (Å²) in [6.07, 6.45) is -8.50. The first-order valence-corrected chi connectivity index (χ1v) is 17.0. The molecule has 8 atom stereocenters. The summed E-state index contributed by atoms with van der Waals surface area (Å²) in [6.45, 7) is 3.51. The number of hydrogen-bond acceptors (Lipinski definition) is 13. The molecule has 0 radical (unpaired) electrons. The van der Waals surface area contributed by atoms with Gasteiger partial charge in [0.05, 0.1) is 35.3 Å². The molecule has 19 heteroatoms. The molecule has 6 rings (SSSR count). The lowest BCUT2D eigenvalue weighted by Crippen LogP contribution is -2.55. The number of fused-ring (bicyclic) bond motifs is 2. The third-order valence-electron chi connectivity index (χ3n) is 7.52. The Labute approximate surface area is 305 Å². The predicted molar refractivity (Wildman–Crippen MR) is 180 cm³/mol. The molecule has 4 heterocycles. The van der Waals surface area contributed by atoms with E-state index in [2.05, 4.69) is 41.8 Å². The highest BCUT2D eigenvalue weighted by Gasteiger charge is 2.48. The molecule has 2 aromatic carbocycles. The first kappa shape index (κ1) is 37.4. The molecular weight excluding hydrogens is 823 g/mol. The number of nitrogens with zero attached hydrogens (tertiary/aromatic N) is 4. The molecule has 2 aliphatic heterocycles. The number of benzene rings is 2. The summed E-state index contributed by atoms with van der Waals surface area (Å²) in [5.41, 5.74) is 2.58. The highest BCUT2D eigenvalue weighted by atomic mass is 79.9. The molecule has 2 fully saturated rings. The van der Waals surface area contributed by atoms with Crippen molar-refractivity contribution < 1.29 is 53.4 Å². The van der Waals surface area contributed by atoms with Crippen LogP contribution in [0.4, 0.5) is 0 Å². The predicted octanol–water partition coefficient (Wildman–Crippen LogP) is 3.84. The van der Waals surface area contributed by atoms with E-state index >= 15 is 0 Å². The fraction of sp³-hybridized carbons (Fsp3) is 0.433. The monoisotopic (exact) mass is 850 g/mol. The van der Waals surface area contributed by atoms with Gasteiger partial charge < -0.3 is 39.0 Å². The second-order valence-corrected chi connectivity index (χ2v) is 13.4. The van der Waals surface area contributed by atoms with Crippen LogP contribution in [0.15, 0.2) is 45.9 Å². The van der Waals surface area contributed by atoms with Crippen LogP contribution >= 0.6 is 55.1 Å². The molecule has 2 aliphatic rings. The average molecular weight is 853 g/mol. The second kappa shape index (κ2) is 15.6. The third-order valence-corrected chi connectivity index (χ3v) is 9.11. The Balaban J connectivity index is 0.000000204. The van der Waals surface area contributed by atoms with Crippen molar-refractivity contribution >= 4 is 95.0 Å². The van der Waals surface area contributed by atoms with Crippen LogP contribution in [0.25, 0.3) is 22.1 Å². The van der Waals surface area contributed by atoms with Crippen LogP contribution in [-0.2, 0) is 38.1 Å². The van der Waals surface area contributed by atoms with E-state index < -0.39 is 67.0 Å². The molecule has 49 heavy (non-hydrogen) atoms. The SMILES string of the molecule is CC(=O)O[C@@H]1[C@H](OC(C)=O)[C@H](OC(C)=O)CO[C@H]1n1c(Br)nc2cc(Cl)ccc21.O[C@@H]1[C@H](O)[C@H](O)CO[C@H]1n1c(Br)nc2cc(Cl)ccc21. The van der Waals surface area contributed by atoms with E-state index in [1.54, 1.807) is 45.5 Å². The number of aromatic nitrogens is 4. The fourth-order valence-electron chi connectivity index (χ4n) is 5.53. The van der Waals surface area contributed by atoms with E-state index in [0.717, 1.165) is 0 Å². The van der Waals surface area contributed by atoms with Gasteiger partial charge in [-0.1, -0.05) is 23.2 Å². The summed E-state index contributed by atoms with van der Waals surface area (Å²) in [6, 6.07) is 10.2. The number of rotatable bonds is 5. The highest BCUT2D eigenvalue weighted by Crippen LogP contribution is 2.36. The zero-order chi connectivity index (χ0) is 35.7. The van der Waals surface area contributed by atoms with Gasteiger partial charge in [-0.05, 0) is 68.3 Å². The number of carbonyl (C=O) groups is 3. The molecule has 0 spiro atoms. The smallest absolute Gasteiger partial charge is 0.303 e. The van der Waals surface area contributed by atoms with Crippen LogP contribution in [0.5, 0.6) is 0 Å². The van der Waals surface area contributed by atoms with Crippen molar-refractivity contribution in [3.8, 4) is 0 Å². The molecular formula is C30H30Br2Cl2N4O11. The Morgan fingerprint density at radius 1 is 0.735 bits per heavy atom. The van der Waals surface area contributed by atoms with Gasteiger partial charge in [0.15, 0.2) is 40.2 Å². The van der Waals surface area contributed by atoms with Crippen molar-refractivity contribution in [2.24, 2.45) is 0 Å². The molecule has 0 amide bonds. The average Bonchev–Trinajstić information content (AvgIpc) is 3.51. The minimum atomic E-state index is -1.27. The van der Waals surface area contributed by atoms with Gasteiger partial charge in [0, 0.05) is 30.8 Å². The van der Waals surface area contributed by atoms with E-state index in [9.17, 15) is 29.7 Å². The number of ether oxygens (including phenoxy) is 5. The Bertz CT molecular complexity index is 1870. The van der Waals surface area contributed by atoms with Crippen LogP contribution in [-0.4, -0.2) is 102 Å². The molecule has 0 unspecified atom stereocenters. The van der Waals surface area contributed by atoms with Gasteiger partial charge in [-0.15, -0.1) is 0 Å². The Kier molecular flexibility index (Phi) is 11.9. The van der Waals surface area contributed by atoms with Crippen LogP contribution in [0.1, 0.15) is 33.2 Å². The molecule has 15 nitrogen and oxygen atoms in total. The Morgan fingerprint density at radius 2 is 1.20 bits per heavy atom. The van der Waals surface area contributed by atoms with Crippen LogP contribution in [0.2, 0.25) is 10.0 Å². The van der Waals surface area contributed by atoms with Crippen molar-refractivity contribution in [2.75, 3.05) is 13.2 Å². The maximum absolute atomic E-state index is 11.8. The van der Waals surface area contributed by atoms with Gasteiger partial charge in [-0.2, -0.15) is 0 Å². The first-order valence-electron chi connectivity index (χ1n) is 14.6. The Morgan fingerprint density at radius 3 is 1.71 bits per heavy atom. The summed E-state index contributed by atoms with van der Waals surface area (Å²) < 4.78 is 31.5. The number of halogens is 4. The maximum atomic E-state index is 11.8. The molecule has 3 N–H and O–H groups in total. The van der Waals surface area contributed by atoms with Gasteiger partial charge in [0.2, 0.25) is 0 Å². The van der Waals surface area contributed by atoms with Crippen molar-refractivity contribution in [3.05, 3.63) is 55.9 Å². The van der Waals surface area contributed by atoms with Gasteiger partial charge in [0.25, 0.3) is 0 Å². The lowest BCUT2D eigenvalue weighted by Gasteiger charge is -2.41. The first-order chi connectivity index (χ1) is 23.2. The zero-order valence-corrected chi connectivity index (χ0v) is 30.6. The fourth-order valence-corrected chi connectivity index (χ4v) is 7.03. The van der Waals surface area contributed by atoms with Crippen LogP contribution in [0.3, 0.4) is 0 Å². The number of aliphatic hydroxyl groups excluding tert-OH is 3. The van der Waals surface area contributed by atoms with Crippen LogP contribution < -0.4 is 0 Å². The molecule has 2 saturated heterocycles. The lowest BCUT2D eigenvalue weighted by atomic mass is 10.0. The van der Waals surface area contributed by atoms with Crippen LogP contribution in [0, 0.1) is 0 Å². The largest absolute Gasteiger partial charge is 0.456 e. The van der Waals surface area contributed by atoms with Crippen molar-refractivity contribution in [1.29, 1.82) is 0 Å².